The van der Waals surface area contributed by atoms with Gasteiger partial charge in [-0.25, -0.2) is 4.98 Å². The van der Waals surface area contributed by atoms with Crippen molar-refractivity contribution in [2.45, 2.75) is 6.17 Å². The predicted octanol–water partition coefficient (Wildman–Crippen LogP) is 1.69. The number of rotatable bonds is 1. The Labute approximate surface area is 119 Å². The Morgan fingerprint density at radius 1 is 0.952 bits per heavy atom. The number of hydrogen-bond acceptors (Lipinski definition) is 3. The summed E-state index contributed by atoms with van der Waals surface area (Å²) in [5.41, 5.74) is 1.18. The fourth-order valence-corrected chi connectivity index (χ4v) is 2.67. The second-order valence-electron chi connectivity index (χ2n) is 4.91. The maximum absolute atomic E-state index is 12.7. The second-order valence-corrected chi connectivity index (χ2v) is 4.91. The quantitative estimate of drug-likeness (QED) is 0.736. The van der Waals surface area contributed by atoms with Crippen LogP contribution in [0.4, 0.5) is 0 Å². The molecule has 1 atom stereocenters. The number of fused-ring (bicyclic) bond motifs is 2. The van der Waals surface area contributed by atoms with Gasteiger partial charge >= 0.3 is 0 Å². The van der Waals surface area contributed by atoms with Gasteiger partial charge in [0.25, 0.3) is 11.5 Å². The lowest BCUT2D eigenvalue weighted by molar-refractivity contribution is 0.0956. The lowest BCUT2D eigenvalue weighted by Gasteiger charge is -2.14. The summed E-state index contributed by atoms with van der Waals surface area (Å²) < 4.78 is 1.43. The van der Waals surface area contributed by atoms with E-state index in [0.29, 0.717) is 10.9 Å². The number of aromatic nitrogens is 2. The van der Waals surface area contributed by atoms with E-state index < -0.39 is 6.17 Å². The summed E-state index contributed by atoms with van der Waals surface area (Å²) in [5.74, 6) is -0.167. The van der Waals surface area contributed by atoms with Gasteiger partial charge in [0.15, 0.2) is 0 Å². The van der Waals surface area contributed by atoms with Gasteiger partial charge in [-0.05, 0) is 17.7 Å². The van der Waals surface area contributed by atoms with E-state index in [4.69, 9.17) is 0 Å². The third-order valence-corrected chi connectivity index (χ3v) is 3.65. The topological polar surface area (TPSA) is 64.0 Å². The van der Waals surface area contributed by atoms with Gasteiger partial charge < -0.3 is 5.32 Å². The van der Waals surface area contributed by atoms with Crippen LogP contribution in [0.25, 0.3) is 10.9 Å². The number of nitrogens with one attached hydrogen (secondary N) is 1. The zero-order valence-corrected chi connectivity index (χ0v) is 11.0. The molecule has 1 aliphatic heterocycles. The third kappa shape index (κ3) is 1.67. The smallest absolute Gasteiger partial charge is 0.289 e. The Balaban J connectivity index is 2.03. The molecule has 1 aromatic heterocycles. The van der Waals surface area contributed by atoms with E-state index in [2.05, 4.69) is 10.3 Å². The van der Waals surface area contributed by atoms with Gasteiger partial charge in [-0.1, -0.05) is 42.5 Å². The number of amides is 1. The second kappa shape index (κ2) is 4.28. The molecular weight excluding hydrogens is 266 g/mol. The molecule has 5 nitrogen and oxygen atoms in total. The molecule has 0 saturated heterocycles. The van der Waals surface area contributed by atoms with Crippen molar-refractivity contribution in [3.05, 3.63) is 76.3 Å². The van der Waals surface area contributed by atoms with Crippen molar-refractivity contribution >= 4 is 16.8 Å². The summed E-state index contributed by atoms with van der Waals surface area (Å²) >= 11 is 0. The molecule has 1 unspecified atom stereocenters. The number of para-hydroxylation sites is 1. The number of carbonyl (C=O) groups excluding carboxylic acids is 1. The molecule has 1 N–H and O–H groups in total. The first-order chi connectivity index (χ1) is 10.3. The van der Waals surface area contributed by atoms with Crippen molar-refractivity contribution in [2.24, 2.45) is 0 Å². The molecule has 0 aliphatic carbocycles. The van der Waals surface area contributed by atoms with Crippen LogP contribution >= 0.6 is 0 Å². The zero-order valence-electron chi connectivity index (χ0n) is 11.0. The first-order valence-corrected chi connectivity index (χ1v) is 6.63. The first-order valence-electron chi connectivity index (χ1n) is 6.63. The lowest BCUT2D eigenvalue weighted by Crippen LogP contribution is -2.28. The average Bonchev–Trinajstić information content (AvgIpc) is 2.86. The Hall–Kier alpha value is -2.95. The van der Waals surface area contributed by atoms with Crippen LogP contribution in [-0.4, -0.2) is 15.5 Å². The van der Waals surface area contributed by atoms with Crippen molar-refractivity contribution in [1.82, 2.24) is 14.9 Å². The van der Waals surface area contributed by atoms with Crippen LogP contribution in [-0.2, 0) is 0 Å². The minimum absolute atomic E-state index is 0.160. The highest BCUT2D eigenvalue weighted by Gasteiger charge is 2.32. The number of nitrogens with zero attached hydrogens (tertiary/aromatic N) is 2. The number of carbonyl (C=O) groups is 1. The van der Waals surface area contributed by atoms with Gasteiger partial charge in [0.1, 0.15) is 6.17 Å². The van der Waals surface area contributed by atoms with Crippen molar-refractivity contribution in [1.29, 1.82) is 0 Å². The monoisotopic (exact) mass is 277 g/mol. The molecule has 2 heterocycles. The molecule has 21 heavy (non-hydrogen) atoms. The highest BCUT2D eigenvalue weighted by Crippen LogP contribution is 2.22. The van der Waals surface area contributed by atoms with Crippen LogP contribution in [0.15, 0.2) is 59.4 Å². The normalized spacial score (nSPS) is 16.8. The first kappa shape index (κ1) is 11.8. The fraction of sp³-hybridized carbons (Fsp3) is 0.0625. The molecule has 0 fully saturated rings. The molecule has 1 amide bonds. The van der Waals surface area contributed by atoms with Crippen LogP contribution in [0.2, 0.25) is 0 Å². The standard InChI is InChI=1S/C16H11N3O2/c20-15-14-17-12-9-5-4-8-11(12)16(21)19(14)13(18-15)10-6-2-1-3-7-10/h1-9,13H,(H,18,20). The van der Waals surface area contributed by atoms with Gasteiger partial charge in [0.2, 0.25) is 5.82 Å². The minimum atomic E-state index is -0.502. The van der Waals surface area contributed by atoms with Gasteiger partial charge in [-0.2, -0.15) is 0 Å². The molecule has 3 aromatic rings. The Morgan fingerprint density at radius 2 is 1.67 bits per heavy atom. The van der Waals surface area contributed by atoms with E-state index in [1.165, 1.54) is 4.57 Å². The van der Waals surface area contributed by atoms with E-state index in [9.17, 15) is 9.59 Å². The molecule has 2 aromatic carbocycles. The fourth-order valence-electron chi connectivity index (χ4n) is 2.67. The van der Waals surface area contributed by atoms with Crippen molar-refractivity contribution in [3.63, 3.8) is 0 Å². The van der Waals surface area contributed by atoms with Gasteiger partial charge in [0, 0.05) is 0 Å². The Morgan fingerprint density at radius 3 is 2.48 bits per heavy atom. The largest absolute Gasteiger partial charge is 0.325 e. The maximum atomic E-state index is 12.7. The van der Waals surface area contributed by atoms with Crippen LogP contribution < -0.4 is 10.9 Å². The van der Waals surface area contributed by atoms with Crippen LogP contribution in [0.3, 0.4) is 0 Å². The summed E-state index contributed by atoms with van der Waals surface area (Å²) in [6.07, 6.45) is -0.502. The highest BCUT2D eigenvalue weighted by atomic mass is 16.2. The molecule has 0 radical (unpaired) electrons. The molecule has 1 aliphatic rings. The summed E-state index contributed by atoms with van der Waals surface area (Å²) in [6, 6.07) is 16.4. The molecular formula is C16H11N3O2. The van der Waals surface area contributed by atoms with Crippen molar-refractivity contribution in [3.8, 4) is 0 Å². The van der Waals surface area contributed by atoms with E-state index in [1.54, 1.807) is 24.3 Å². The Kier molecular flexibility index (Phi) is 2.41. The minimum Gasteiger partial charge on any atom is -0.325 e. The summed E-state index contributed by atoms with van der Waals surface area (Å²) in [6.45, 7) is 0. The van der Waals surface area contributed by atoms with Gasteiger partial charge in [0.05, 0.1) is 10.9 Å². The van der Waals surface area contributed by atoms with Crippen molar-refractivity contribution in [2.75, 3.05) is 0 Å². The summed E-state index contributed by atoms with van der Waals surface area (Å²) in [7, 11) is 0. The highest BCUT2D eigenvalue weighted by molar-refractivity contribution is 5.95. The molecule has 5 heteroatoms. The zero-order chi connectivity index (χ0) is 14.4. The van der Waals surface area contributed by atoms with E-state index in [-0.39, 0.29) is 17.3 Å². The molecule has 102 valence electrons. The molecule has 0 spiro atoms. The molecule has 0 saturated carbocycles. The predicted molar refractivity (Wildman–Crippen MR) is 78.1 cm³/mol. The van der Waals surface area contributed by atoms with E-state index in [0.717, 1.165) is 5.56 Å². The van der Waals surface area contributed by atoms with Gasteiger partial charge in [-0.3, -0.25) is 14.2 Å². The van der Waals surface area contributed by atoms with Crippen LogP contribution in [0, 0.1) is 0 Å². The molecule has 4 rings (SSSR count). The van der Waals surface area contributed by atoms with E-state index >= 15 is 0 Å². The number of benzene rings is 2. The third-order valence-electron chi connectivity index (χ3n) is 3.65. The summed E-state index contributed by atoms with van der Waals surface area (Å²) in [5, 5.41) is 3.33. The summed E-state index contributed by atoms with van der Waals surface area (Å²) in [4.78, 5) is 29.1. The van der Waals surface area contributed by atoms with Crippen molar-refractivity contribution < 1.29 is 4.79 Å². The van der Waals surface area contributed by atoms with Gasteiger partial charge in [-0.15, -0.1) is 0 Å². The maximum Gasteiger partial charge on any atom is 0.289 e. The lowest BCUT2D eigenvalue weighted by atomic mass is 10.1. The van der Waals surface area contributed by atoms with E-state index in [1.807, 2.05) is 30.3 Å². The Bertz CT molecular complexity index is 916. The SMILES string of the molecule is O=C1NC(c2ccccc2)n2c1nc1ccccc1c2=O. The molecule has 0 bridgehead atoms. The average molecular weight is 277 g/mol. The number of hydrogen-bond donors (Lipinski definition) is 1. The van der Waals surface area contributed by atoms with Crippen LogP contribution in [0.1, 0.15) is 22.3 Å². The van der Waals surface area contributed by atoms with Crippen LogP contribution in [0.5, 0.6) is 0 Å².